The third-order valence-corrected chi connectivity index (χ3v) is 4.42. The van der Waals surface area contributed by atoms with Crippen LogP contribution < -0.4 is 11.1 Å². The smallest absolute Gasteiger partial charge is 0.221 e. The van der Waals surface area contributed by atoms with Crippen molar-refractivity contribution in [1.82, 2.24) is 5.32 Å². The van der Waals surface area contributed by atoms with Crippen molar-refractivity contribution in [3.05, 3.63) is 35.9 Å². The molecule has 3 unspecified atom stereocenters. The molecule has 3 N–H and O–H groups in total. The number of nitrogens with two attached hydrogens (primary N) is 1. The molecule has 1 amide bonds. The Morgan fingerprint density at radius 1 is 1.32 bits per heavy atom. The third-order valence-electron chi connectivity index (χ3n) is 4.42. The van der Waals surface area contributed by atoms with Gasteiger partial charge in [0.15, 0.2) is 0 Å². The van der Waals surface area contributed by atoms with Gasteiger partial charge in [-0.25, -0.2) is 0 Å². The standard InChI is InChI=1S/C18H28N2O2/c1-14-7-5-6-10-17(14)22-12-11-20-18(21)13-16(19)15-8-3-2-4-9-15/h2-4,8-9,14,16-17H,5-7,10-13,19H2,1H3,(H,20,21). The Morgan fingerprint density at radius 3 is 2.77 bits per heavy atom. The van der Waals surface area contributed by atoms with E-state index in [1.807, 2.05) is 30.3 Å². The second-order valence-corrected chi connectivity index (χ2v) is 6.24. The van der Waals surface area contributed by atoms with Crippen LogP contribution in [0.25, 0.3) is 0 Å². The zero-order valence-electron chi connectivity index (χ0n) is 13.5. The molecule has 0 spiro atoms. The summed E-state index contributed by atoms with van der Waals surface area (Å²) in [6, 6.07) is 9.47. The topological polar surface area (TPSA) is 64.3 Å². The summed E-state index contributed by atoms with van der Waals surface area (Å²) in [5.41, 5.74) is 7.03. The number of benzene rings is 1. The van der Waals surface area contributed by atoms with E-state index in [0.29, 0.717) is 31.6 Å². The van der Waals surface area contributed by atoms with Crippen LogP contribution in [0.3, 0.4) is 0 Å². The van der Waals surface area contributed by atoms with Crippen LogP contribution in [0.1, 0.15) is 50.6 Å². The van der Waals surface area contributed by atoms with Gasteiger partial charge < -0.3 is 15.8 Å². The van der Waals surface area contributed by atoms with Gasteiger partial charge in [0.25, 0.3) is 0 Å². The van der Waals surface area contributed by atoms with Crippen LogP contribution in [0, 0.1) is 5.92 Å². The normalized spacial score (nSPS) is 23.0. The molecule has 1 fully saturated rings. The minimum absolute atomic E-state index is 0.0170. The van der Waals surface area contributed by atoms with E-state index in [-0.39, 0.29) is 11.9 Å². The molecule has 0 heterocycles. The lowest BCUT2D eigenvalue weighted by Gasteiger charge is -2.28. The molecule has 0 aromatic heterocycles. The predicted molar refractivity (Wildman–Crippen MR) is 88.4 cm³/mol. The number of amides is 1. The van der Waals surface area contributed by atoms with Gasteiger partial charge in [-0.3, -0.25) is 4.79 Å². The van der Waals surface area contributed by atoms with E-state index < -0.39 is 0 Å². The monoisotopic (exact) mass is 304 g/mol. The number of rotatable bonds is 7. The van der Waals surface area contributed by atoms with Gasteiger partial charge in [-0.2, -0.15) is 0 Å². The first-order valence-electron chi connectivity index (χ1n) is 8.35. The molecular weight excluding hydrogens is 276 g/mol. The zero-order valence-corrected chi connectivity index (χ0v) is 13.5. The minimum Gasteiger partial charge on any atom is -0.376 e. The Morgan fingerprint density at radius 2 is 2.05 bits per heavy atom. The molecule has 1 aromatic carbocycles. The molecule has 0 saturated heterocycles. The molecule has 0 bridgehead atoms. The van der Waals surface area contributed by atoms with Crippen LogP contribution in [0.4, 0.5) is 0 Å². The maximum atomic E-state index is 11.9. The molecule has 2 rings (SSSR count). The highest BCUT2D eigenvalue weighted by molar-refractivity contribution is 5.76. The van der Waals surface area contributed by atoms with Crippen molar-refractivity contribution in [2.24, 2.45) is 11.7 Å². The average molecular weight is 304 g/mol. The average Bonchev–Trinajstić information content (AvgIpc) is 2.54. The van der Waals surface area contributed by atoms with E-state index in [2.05, 4.69) is 12.2 Å². The Hall–Kier alpha value is -1.39. The van der Waals surface area contributed by atoms with Gasteiger partial charge >= 0.3 is 0 Å². The van der Waals surface area contributed by atoms with Crippen LogP contribution in [0.5, 0.6) is 0 Å². The number of carbonyl (C=O) groups excluding carboxylic acids is 1. The molecule has 4 nitrogen and oxygen atoms in total. The highest BCUT2D eigenvalue weighted by Gasteiger charge is 2.21. The summed E-state index contributed by atoms with van der Waals surface area (Å²) in [6.07, 6.45) is 5.64. The third kappa shape index (κ3) is 5.43. The SMILES string of the molecule is CC1CCCCC1OCCNC(=O)CC(N)c1ccccc1. The minimum atomic E-state index is -0.250. The summed E-state index contributed by atoms with van der Waals surface area (Å²) in [4.78, 5) is 11.9. The first-order chi connectivity index (χ1) is 10.7. The predicted octanol–water partition coefficient (Wildman–Crippen LogP) is 2.79. The fraction of sp³-hybridized carbons (Fsp3) is 0.611. The summed E-state index contributed by atoms with van der Waals surface area (Å²) < 4.78 is 5.89. The van der Waals surface area contributed by atoms with E-state index in [1.165, 1.54) is 19.3 Å². The fourth-order valence-corrected chi connectivity index (χ4v) is 3.02. The molecular formula is C18H28N2O2. The van der Waals surface area contributed by atoms with Crippen LogP contribution in [-0.4, -0.2) is 25.2 Å². The maximum absolute atomic E-state index is 11.9. The van der Waals surface area contributed by atoms with Gasteiger partial charge in [0, 0.05) is 19.0 Å². The van der Waals surface area contributed by atoms with Gasteiger partial charge in [-0.15, -0.1) is 0 Å². The fourth-order valence-electron chi connectivity index (χ4n) is 3.02. The lowest BCUT2D eigenvalue weighted by atomic mass is 9.88. The molecule has 0 aliphatic heterocycles. The number of ether oxygens (including phenoxy) is 1. The Bertz CT molecular complexity index is 450. The molecule has 1 aliphatic rings. The van der Waals surface area contributed by atoms with Crippen LogP contribution in [-0.2, 0) is 9.53 Å². The molecule has 0 radical (unpaired) electrons. The van der Waals surface area contributed by atoms with Gasteiger partial charge in [-0.1, -0.05) is 50.1 Å². The molecule has 1 aliphatic carbocycles. The maximum Gasteiger partial charge on any atom is 0.221 e. The lowest BCUT2D eigenvalue weighted by molar-refractivity contribution is -0.121. The first-order valence-corrected chi connectivity index (χ1v) is 8.35. The van der Waals surface area contributed by atoms with Crippen molar-refractivity contribution < 1.29 is 9.53 Å². The summed E-state index contributed by atoms with van der Waals surface area (Å²) in [5.74, 6) is 0.618. The van der Waals surface area contributed by atoms with Crippen molar-refractivity contribution in [1.29, 1.82) is 0 Å². The number of hydrogen-bond acceptors (Lipinski definition) is 3. The van der Waals surface area contributed by atoms with Crippen molar-refractivity contribution in [3.63, 3.8) is 0 Å². The van der Waals surface area contributed by atoms with Crippen LogP contribution >= 0.6 is 0 Å². The Kier molecular flexibility index (Phi) is 6.87. The Balaban J connectivity index is 1.61. The molecule has 122 valence electrons. The number of hydrogen-bond donors (Lipinski definition) is 2. The number of nitrogens with one attached hydrogen (secondary N) is 1. The lowest BCUT2D eigenvalue weighted by Crippen LogP contribution is -2.33. The molecule has 3 atom stereocenters. The van der Waals surface area contributed by atoms with Crippen molar-refractivity contribution in [2.45, 2.75) is 51.2 Å². The molecule has 1 saturated carbocycles. The van der Waals surface area contributed by atoms with Crippen LogP contribution in [0.15, 0.2) is 30.3 Å². The summed E-state index contributed by atoms with van der Waals surface area (Å²) in [7, 11) is 0. The molecule has 22 heavy (non-hydrogen) atoms. The van der Waals surface area contributed by atoms with Gasteiger partial charge in [0.05, 0.1) is 12.7 Å². The highest BCUT2D eigenvalue weighted by Crippen LogP contribution is 2.25. The second-order valence-electron chi connectivity index (χ2n) is 6.24. The van der Waals surface area contributed by atoms with Gasteiger partial charge in [0.2, 0.25) is 5.91 Å². The van der Waals surface area contributed by atoms with E-state index >= 15 is 0 Å². The largest absolute Gasteiger partial charge is 0.376 e. The quantitative estimate of drug-likeness (QED) is 0.761. The van der Waals surface area contributed by atoms with Crippen molar-refractivity contribution in [2.75, 3.05) is 13.2 Å². The van der Waals surface area contributed by atoms with Crippen LogP contribution in [0.2, 0.25) is 0 Å². The zero-order chi connectivity index (χ0) is 15.8. The molecule has 1 aromatic rings. The Labute approximate surface area is 133 Å². The van der Waals surface area contributed by atoms with Gasteiger partial charge in [-0.05, 0) is 24.3 Å². The number of carbonyl (C=O) groups is 1. The van der Waals surface area contributed by atoms with E-state index in [4.69, 9.17) is 10.5 Å². The van der Waals surface area contributed by atoms with E-state index in [0.717, 1.165) is 12.0 Å². The molecule has 4 heteroatoms. The summed E-state index contributed by atoms with van der Waals surface area (Å²) in [6.45, 7) is 3.40. The van der Waals surface area contributed by atoms with E-state index in [9.17, 15) is 4.79 Å². The second kappa shape index (κ2) is 8.91. The highest BCUT2D eigenvalue weighted by atomic mass is 16.5. The van der Waals surface area contributed by atoms with Gasteiger partial charge in [0.1, 0.15) is 0 Å². The summed E-state index contributed by atoms with van der Waals surface area (Å²) in [5, 5.41) is 2.89. The first kappa shape index (κ1) is 17.0. The van der Waals surface area contributed by atoms with E-state index in [1.54, 1.807) is 0 Å². The van der Waals surface area contributed by atoms with Crippen molar-refractivity contribution in [3.8, 4) is 0 Å². The van der Waals surface area contributed by atoms with Crippen molar-refractivity contribution >= 4 is 5.91 Å². The summed E-state index contributed by atoms with van der Waals surface area (Å²) >= 11 is 0.